The van der Waals surface area contributed by atoms with E-state index in [1.807, 2.05) is 0 Å². The maximum absolute atomic E-state index is 11.6. The molecule has 0 aliphatic carbocycles. The molecule has 1 rings (SSSR count). The van der Waals surface area contributed by atoms with Gasteiger partial charge in [-0.3, -0.25) is 0 Å². The molecule has 0 aliphatic heterocycles. The molecule has 0 radical (unpaired) electrons. The van der Waals surface area contributed by atoms with Gasteiger partial charge in [0.25, 0.3) is 0 Å². The Morgan fingerprint density at radius 2 is 2.00 bits per heavy atom. The van der Waals surface area contributed by atoms with E-state index in [9.17, 15) is 13.2 Å². The highest BCUT2D eigenvalue weighted by molar-refractivity contribution is 4.96. The van der Waals surface area contributed by atoms with Crippen molar-refractivity contribution in [2.45, 2.75) is 13.3 Å². The lowest BCUT2D eigenvalue weighted by atomic mass is 10.8. The number of rotatable bonds is 1. The molecule has 0 atom stereocenters. The van der Waals surface area contributed by atoms with Crippen molar-refractivity contribution in [2.24, 2.45) is 7.05 Å². The fourth-order valence-electron chi connectivity index (χ4n) is 0.685. The Hall–Kier alpha value is -1.27. The molecule has 0 unspecified atom stereocenters. The minimum atomic E-state index is -4.72. The monoisotopic (exact) mass is 181 g/mol. The number of halogens is 3. The summed E-state index contributed by atoms with van der Waals surface area (Å²) in [6, 6.07) is -0.556. The molecule has 68 valence electrons. The summed E-state index contributed by atoms with van der Waals surface area (Å²) in [6.45, 7) is 1.48. The van der Waals surface area contributed by atoms with Gasteiger partial charge in [0, 0.05) is 7.05 Å². The minimum absolute atomic E-state index is 0.233. The number of ether oxygens (including phenoxy) is 1. The lowest BCUT2D eigenvalue weighted by molar-refractivity contribution is -0.278. The van der Waals surface area contributed by atoms with Gasteiger partial charge < -0.3 is 4.74 Å². The molecule has 0 aromatic carbocycles. The molecule has 1 heterocycles. The molecule has 0 fully saturated rings. The third-order valence-electron chi connectivity index (χ3n) is 1.04. The molecule has 4 nitrogen and oxygen atoms in total. The van der Waals surface area contributed by atoms with Crippen LogP contribution in [-0.4, -0.2) is 21.1 Å². The fourth-order valence-corrected chi connectivity index (χ4v) is 0.685. The largest absolute Gasteiger partial charge is 0.575 e. The van der Waals surface area contributed by atoms with E-state index in [1.54, 1.807) is 0 Å². The van der Waals surface area contributed by atoms with Crippen LogP contribution in [0, 0.1) is 6.92 Å². The first-order valence-corrected chi connectivity index (χ1v) is 3.02. The Balaban J connectivity index is 2.82. The number of alkyl halides is 3. The second-order valence-electron chi connectivity index (χ2n) is 2.11. The van der Waals surface area contributed by atoms with Crippen molar-refractivity contribution in [1.82, 2.24) is 14.8 Å². The Labute approximate surface area is 66.0 Å². The van der Waals surface area contributed by atoms with Crippen LogP contribution in [-0.2, 0) is 7.05 Å². The molecule has 1 aromatic rings. The van der Waals surface area contributed by atoms with E-state index in [0.717, 1.165) is 4.68 Å². The number of aromatic nitrogens is 3. The van der Waals surface area contributed by atoms with Crippen LogP contribution in [0.25, 0.3) is 0 Å². The van der Waals surface area contributed by atoms with E-state index in [0.29, 0.717) is 0 Å². The normalized spacial score (nSPS) is 11.8. The summed E-state index contributed by atoms with van der Waals surface area (Å²) in [4.78, 5) is 3.41. The van der Waals surface area contributed by atoms with Crippen LogP contribution in [0.15, 0.2) is 0 Å². The summed E-state index contributed by atoms with van der Waals surface area (Å²) in [5, 5.41) is 3.58. The summed E-state index contributed by atoms with van der Waals surface area (Å²) in [5.74, 6) is 0.233. The van der Waals surface area contributed by atoms with Crippen molar-refractivity contribution < 1.29 is 17.9 Å². The molecule has 0 N–H and O–H groups in total. The molecule has 12 heavy (non-hydrogen) atoms. The van der Waals surface area contributed by atoms with Crippen LogP contribution in [0.1, 0.15) is 5.82 Å². The summed E-state index contributed by atoms with van der Waals surface area (Å²) in [7, 11) is 1.32. The lowest BCUT2D eigenvalue weighted by Gasteiger charge is -2.05. The van der Waals surface area contributed by atoms with Gasteiger partial charge in [-0.2, -0.15) is 10.1 Å². The zero-order valence-electron chi connectivity index (χ0n) is 6.38. The zero-order chi connectivity index (χ0) is 9.35. The maximum atomic E-state index is 11.6. The van der Waals surface area contributed by atoms with Gasteiger partial charge in [0.1, 0.15) is 0 Å². The van der Waals surface area contributed by atoms with Crippen LogP contribution in [0.4, 0.5) is 13.2 Å². The van der Waals surface area contributed by atoms with Crippen molar-refractivity contribution in [3.63, 3.8) is 0 Å². The first kappa shape index (κ1) is 8.82. The van der Waals surface area contributed by atoms with Crippen LogP contribution < -0.4 is 4.74 Å². The quantitative estimate of drug-likeness (QED) is 0.649. The van der Waals surface area contributed by atoms with E-state index >= 15 is 0 Å². The standard InChI is InChI=1S/C5H6F3N3O/c1-3-9-4(11(2)10-3)12-5(6,7)8/h1-2H3. The van der Waals surface area contributed by atoms with Gasteiger partial charge in [-0.05, 0) is 6.92 Å². The average molecular weight is 181 g/mol. The van der Waals surface area contributed by atoms with Crippen molar-refractivity contribution in [3.05, 3.63) is 5.82 Å². The predicted octanol–water partition coefficient (Wildman–Crippen LogP) is 1.02. The highest BCUT2D eigenvalue weighted by atomic mass is 19.4. The highest BCUT2D eigenvalue weighted by Crippen LogP contribution is 2.19. The van der Waals surface area contributed by atoms with Gasteiger partial charge >= 0.3 is 12.4 Å². The Morgan fingerprint density at radius 3 is 2.33 bits per heavy atom. The van der Waals surface area contributed by atoms with E-state index in [2.05, 4.69) is 14.8 Å². The van der Waals surface area contributed by atoms with Crippen molar-refractivity contribution in [2.75, 3.05) is 0 Å². The average Bonchev–Trinajstić information content (AvgIpc) is 2.06. The molecular weight excluding hydrogens is 175 g/mol. The summed E-state index contributed by atoms with van der Waals surface area (Å²) in [5.41, 5.74) is 0. The zero-order valence-corrected chi connectivity index (χ0v) is 6.38. The molecule has 0 bridgehead atoms. The van der Waals surface area contributed by atoms with E-state index in [4.69, 9.17) is 0 Å². The van der Waals surface area contributed by atoms with Crippen molar-refractivity contribution in [3.8, 4) is 6.01 Å². The molecule has 0 saturated heterocycles. The van der Waals surface area contributed by atoms with E-state index < -0.39 is 12.4 Å². The van der Waals surface area contributed by atoms with Gasteiger partial charge in [-0.1, -0.05) is 0 Å². The number of hydrogen-bond acceptors (Lipinski definition) is 3. The van der Waals surface area contributed by atoms with Crippen LogP contribution in [0.5, 0.6) is 6.01 Å². The summed E-state index contributed by atoms with van der Waals surface area (Å²) < 4.78 is 39.3. The Kier molecular flexibility index (Phi) is 1.95. The maximum Gasteiger partial charge on any atom is 0.575 e. The first-order valence-electron chi connectivity index (χ1n) is 3.02. The predicted molar refractivity (Wildman–Crippen MR) is 32.4 cm³/mol. The molecule has 0 aliphatic rings. The third-order valence-corrected chi connectivity index (χ3v) is 1.04. The van der Waals surface area contributed by atoms with E-state index in [-0.39, 0.29) is 5.82 Å². The Morgan fingerprint density at radius 1 is 1.42 bits per heavy atom. The first-order chi connectivity index (χ1) is 5.38. The summed E-state index contributed by atoms with van der Waals surface area (Å²) in [6.07, 6.45) is -4.72. The second kappa shape index (κ2) is 2.65. The van der Waals surface area contributed by atoms with E-state index in [1.165, 1.54) is 14.0 Å². The van der Waals surface area contributed by atoms with Gasteiger partial charge in [0.05, 0.1) is 0 Å². The highest BCUT2D eigenvalue weighted by Gasteiger charge is 2.33. The Bertz CT molecular complexity index is 280. The fraction of sp³-hybridized carbons (Fsp3) is 0.600. The summed E-state index contributed by atoms with van der Waals surface area (Å²) >= 11 is 0. The van der Waals surface area contributed by atoms with Gasteiger partial charge in [0.15, 0.2) is 5.82 Å². The lowest BCUT2D eigenvalue weighted by Crippen LogP contribution is -2.19. The number of hydrogen-bond donors (Lipinski definition) is 0. The van der Waals surface area contributed by atoms with Crippen molar-refractivity contribution in [1.29, 1.82) is 0 Å². The molecule has 1 aromatic heterocycles. The molecule has 7 heteroatoms. The van der Waals surface area contributed by atoms with Gasteiger partial charge in [0.2, 0.25) is 0 Å². The van der Waals surface area contributed by atoms with Crippen LogP contribution in [0.3, 0.4) is 0 Å². The topological polar surface area (TPSA) is 39.9 Å². The minimum Gasteiger partial charge on any atom is -0.371 e. The third kappa shape index (κ3) is 2.11. The van der Waals surface area contributed by atoms with Gasteiger partial charge in [-0.25, -0.2) is 4.68 Å². The van der Waals surface area contributed by atoms with Crippen molar-refractivity contribution >= 4 is 0 Å². The number of aryl methyl sites for hydroxylation is 2. The molecule has 0 saturated carbocycles. The number of nitrogens with zero attached hydrogens (tertiary/aromatic N) is 3. The molecular formula is C5H6F3N3O. The van der Waals surface area contributed by atoms with Crippen LogP contribution in [0.2, 0.25) is 0 Å². The molecule has 0 spiro atoms. The SMILES string of the molecule is Cc1nc(OC(F)(F)F)n(C)n1. The van der Waals surface area contributed by atoms with Crippen LogP contribution >= 0.6 is 0 Å². The second-order valence-corrected chi connectivity index (χ2v) is 2.11. The smallest absolute Gasteiger partial charge is 0.371 e. The van der Waals surface area contributed by atoms with Gasteiger partial charge in [-0.15, -0.1) is 13.2 Å². The molecule has 0 amide bonds.